The van der Waals surface area contributed by atoms with Crippen molar-refractivity contribution in [1.29, 1.82) is 0 Å². The van der Waals surface area contributed by atoms with Gasteiger partial charge in [-0.3, -0.25) is 4.79 Å². The third-order valence-corrected chi connectivity index (χ3v) is 4.72. The summed E-state index contributed by atoms with van der Waals surface area (Å²) in [5.74, 6) is 0.846. The van der Waals surface area contributed by atoms with Crippen LogP contribution in [0.4, 0.5) is 4.39 Å². The van der Waals surface area contributed by atoms with Gasteiger partial charge in [0.15, 0.2) is 5.65 Å². The number of carbonyl (C=O) groups excluding carboxylic acids is 1. The van der Waals surface area contributed by atoms with Gasteiger partial charge in [0.1, 0.15) is 17.2 Å². The molecule has 6 heteroatoms. The van der Waals surface area contributed by atoms with Crippen molar-refractivity contribution >= 4 is 17.1 Å². The molecule has 0 saturated carbocycles. The highest BCUT2D eigenvalue weighted by Crippen LogP contribution is 2.18. The number of rotatable bonds is 8. The first-order valence-electron chi connectivity index (χ1n) is 9.84. The molecule has 0 bridgehead atoms. The summed E-state index contributed by atoms with van der Waals surface area (Å²) in [7, 11) is 0. The van der Waals surface area contributed by atoms with Crippen LogP contribution in [0, 0.1) is 11.7 Å². The van der Waals surface area contributed by atoms with E-state index >= 15 is 0 Å². The van der Waals surface area contributed by atoms with Gasteiger partial charge >= 0.3 is 0 Å². The van der Waals surface area contributed by atoms with E-state index in [2.05, 4.69) is 30.3 Å². The maximum Gasteiger partial charge on any atom is 0.254 e. The fraction of sp³-hybridized carbons (Fsp3) is 0.409. The van der Waals surface area contributed by atoms with Crippen LogP contribution < -0.4 is 0 Å². The van der Waals surface area contributed by atoms with E-state index in [1.807, 2.05) is 12.1 Å². The van der Waals surface area contributed by atoms with E-state index in [1.54, 1.807) is 11.1 Å². The second-order valence-electron chi connectivity index (χ2n) is 7.44. The molecule has 148 valence electrons. The number of hydrogen-bond donors (Lipinski definition) is 0. The number of hydrogen-bond acceptors (Lipinski definition) is 3. The van der Waals surface area contributed by atoms with Gasteiger partial charge < -0.3 is 9.47 Å². The minimum Gasteiger partial charge on any atom is -0.331 e. The lowest BCUT2D eigenvalue weighted by atomic mass is 10.1. The van der Waals surface area contributed by atoms with Crippen LogP contribution in [0.2, 0.25) is 0 Å². The number of pyridine rings is 1. The number of halogens is 1. The summed E-state index contributed by atoms with van der Waals surface area (Å²) in [6, 6.07) is 9.54. The van der Waals surface area contributed by atoms with E-state index in [9.17, 15) is 9.18 Å². The molecule has 5 nitrogen and oxygen atoms in total. The van der Waals surface area contributed by atoms with Crippen LogP contribution in [-0.2, 0) is 13.1 Å². The number of benzene rings is 1. The summed E-state index contributed by atoms with van der Waals surface area (Å²) >= 11 is 0. The van der Waals surface area contributed by atoms with E-state index < -0.39 is 0 Å². The smallest absolute Gasteiger partial charge is 0.254 e. The molecule has 0 N–H and O–H groups in total. The number of fused-ring (bicyclic) bond motifs is 1. The van der Waals surface area contributed by atoms with E-state index in [0.29, 0.717) is 24.6 Å². The van der Waals surface area contributed by atoms with Crippen molar-refractivity contribution in [3.63, 3.8) is 0 Å². The van der Waals surface area contributed by atoms with Crippen LogP contribution in [0.15, 0.2) is 42.6 Å². The first-order valence-corrected chi connectivity index (χ1v) is 9.84. The summed E-state index contributed by atoms with van der Waals surface area (Å²) in [5.41, 5.74) is 2.17. The molecule has 0 radical (unpaired) electrons. The van der Waals surface area contributed by atoms with Crippen LogP contribution in [-0.4, -0.2) is 31.9 Å². The van der Waals surface area contributed by atoms with Gasteiger partial charge in [0.2, 0.25) is 0 Å². The molecule has 2 aromatic heterocycles. The normalized spacial score (nSPS) is 11.3. The zero-order valence-corrected chi connectivity index (χ0v) is 16.7. The third kappa shape index (κ3) is 4.55. The first-order chi connectivity index (χ1) is 13.5. The minimum atomic E-state index is -0.346. The molecular formula is C22H27FN4O. The van der Waals surface area contributed by atoms with Gasteiger partial charge in [0.25, 0.3) is 5.91 Å². The molecule has 0 fully saturated rings. The number of carbonyl (C=O) groups is 1. The Balaban J connectivity index is 1.92. The second-order valence-corrected chi connectivity index (χ2v) is 7.44. The molecule has 0 aliphatic rings. The molecule has 0 atom stereocenters. The zero-order valence-electron chi connectivity index (χ0n) is 16.7. The summed E-state index contributed by atoms with van der Waals surface area (Å²) in [5, 5.41) is 0. The Hall–Kier alpha value is -2.76. The standard InChI is InChI=1S/C22H27FN4O/c1-4-13-27-20(25-19-6-5-12-24-21(19)27)15-26(14-11-16(2)3)22(28)17-7-9-18(23)10-8-17/h5-10,12,16H,4,11,13-15H2,1-3H3. The van der Waals surface area contributed by atoms with Crippen molar-refractivity contribution in [1.82, 2.24) is 19.4 Å². The average Bonchev–Trinajstić information content (AvgIpc) is 3.03. The molecule has 0 saturated heterocycles. The van der Waals surface area contributed by atoms with Gasteiger partial charge in [-0.25, -0.2) is 14.4 Å². The van der Waals surface area contributed by atoms with E-state index in [0.717, 1.165) is 36.4 Å². The Morgan fingerprint density at radius 1 is 1.21 bits per heavy atom. The average molecular weight is 382 g/mol. The third-order valence-electron chi connectivity index (χ3n) is 4.72. The number of imidazole rings is 1. The maximum absolute atomic E-state index is 13.3. The first kappa shape index (κ1) is 20.0. The Bertz CT molecular complexity index is 933. The van der Waals surface area contributed by atoms with Crippen LogP contribution in [0.5, 0.6) is 0 Å². The molecular weight excluding hydrogens is 355 g/mol. The van der Waals surface area contributed by atoms with Crippen molar-refractivity contribution < 1.29 is 9.18 Å². The molecule has 1 amide bonds. The SMILES string of the molecule is CCCn1c(CN(CCC(C)C)C(=O)c2ccc(F)cc2)nc2cccnc21. The quantitative estimate of drug-likeness (QED) is 0.569. The fourth-order valence-corrected chi connectivity index (χ4v) is 3.20. The molecule has 0 spiro atoms. The Morgan fingerprint density at radius 2 is 1.96 bits per heavy atom. The molecule has 28 heavy (non-hydrogen) atoms. The highest BCUT2D eigenvalue weighted by Gasteiger charge is 2.20. The van der Waals surface area contributed by atoms with Crippen molar-refractivity contribution in [3.05, 3.63) is 59.8 Å². The van der Waals surface area contributed by atoms with Crippen LogP contribution >= 0.6 is 0 Å². The van der Waals surface area contributed by atoms with E-state index in [4.69, 9.17) is 4.98 Å². The van der Waals surface area contributed by atoms with E-state index in [1.165, 1.54) is 24.3 Å². The van der Waals surface area contributed by atoms with Crippen molar-refractivity contribution in [3.8, 4) is 0 Å². The van der Waals surface area contributed by atoms with Gasteiger partial charge in [-0.15, -0.1) is 0 Å². The maximum atomic E-state index is 13.3. The lowest BCUT2D eigenvalue weighted by Gasteiger charge is -2.24. The Kier molecular flexibility index (Phi) is 6.39. The van der Waals surface area contributed by atoms with Crippen LogP contribution in [0.3, 0.4) is 0 Å². The number of nitrogens with zero attached hydrogens (tertiary/aromatic N) is 4. The number of aromatic nitrogens is 3. The molecule has 3 aromatic rings. The molecule has 0 aliphatic carbocycles. The van der Waals surface area contributed by atoms with Gasteiger partial charge in [0.05, 0.1) is 6.54 Å². The van der Waals surface area contributed by atoms with Gasteiger partial charge in [-0.05, 0) is 55.2 Å². The molecule has 3 rings (SSSR count). The number of aryl methyl sites for hydroxylation is 1. The van der Waals surface area contributed by atoms with Crippen LogP contribution in [0.25, 0.3) is 11.2 Å². The second kappa shape index (κ2) is 8.95. The summed E-state index contributed by atoms with van der Waals surface area (Å²) < 4.78 is 15.4. The monoisotopic (exact) mass is 382 g/mol. The Morgan fingerprint density at radius 3 is 2.64 bits per heavy atom. The summed E-state index contributed by atoms with van der Waals surface area (Å²) in [4.78, 5) is 24.1. The fourth-order valence-electron chi connectivity index (χ4n) is 3.20. The highest BCUT2D eigenvalue weighted by molar-refractivity contribution is 5.94. The van der Waals surface area contributed by atoms with Crippen LogP contribution in [0.1, 0.15) is 49.8 Å². The lowest BCUT2D eigenvalue weighted by Crippen LogP contribution is -2.33. The predicted octanol–water partition coefficient (Wildman–Crippen LogP) is 4.67. The summed E-state index contributed by atoms with van der Waals surface area (Å²) in [6.45, 7) is 8.20. The van der Waals surface area contributed by atoms with Gasteiger partial charge in [-0.2, -0.15) is 0 Å². The highest BCUT2D eigenvalue weighted by atomic mass is 19.1. The van der Waals surface area contributed by atoms with Crippen molar-refractivity contribution in [2.45, 2.75) is 46.7 Å². The number of amides is 1. The minimum absolute atomic E-state index is 0.108. The molecule has 0 unspecified atom stereocenters. The molecule has 2 heterocycles. The molecule has 1 aromatic carbocycles. The van der Waals surface area contributed by atoms with Gasteiger partial charge in [-0.1, -0.05) is 20.8 Å². The van der Waals surface area contributed by atoms with Crippen molar-refractivity contribution in [2.24, 2.45) is 5.92 Å². The Labute approximate surface area is 165 Å². The lowest BCUT2D eigenvalue weighted by molar-refractivity contribution is 0.0729. The van der Waals surface area contributed by atoms with Crippen molar-refractivity contribution in [2.75, 3.05) is 6.54 Å². The van der Waals surface area contributed by atoms with E-state index in [-0.39, 0.29) is 11.7 Å². The van der Waals surface area contributed by atoms with Gasteiger partial charge in [0, 0.05) is 24.8 Å². The molecule has 0 aliphatic heterocycles. The zero-order chi connectivity index (χ0) is 20.1. The predicted molar refractivity (Wildman–Crippen MR) is 108 cm³/mol. The largest absolute Gasteiger partial charge is 0.331 e. The summed E-state index contributed by atoms with van der Waals surface area (Å²) in [6.07, 6.45) is 3.60. The topological polar surface area (TPSA) is 51.0 Å².